The lowest BCUT2D eigenvalue weighted by Crippen LogP contribution is -2.49. The maximum absolute atomic E-state index is 11.7. The largest absolute Gasteiger partial charge is 0.480 e. The summed E-state index contributed by atoms with van der Waals surface area (Å²) in [7, 11) is 0. The zero-order valence-corrected chi connectivity index (χ0v) is 17.5. The summed E-state index contributed by atoms with van der Waals surface area (Å²) in [6, 6.07) is 6.12. The molecule has 27 heavy (non-hydrogen) atoms. The lowest BCUT2D eigenvalue weighted by molar-refractivity contribution is -0.142. The van der Waals surface area contributed by atoms with Crippen LogP contribution in [0.2, 0.25) is 0 Å². The quantitative estimate of drug-likeness (QED) is 0.447. The second kappa shape index (κ2) is 9.84. The van der Waals surface area contributed by atoms with Crippen molar-refractivity contribution in [2.24, 2.45) is 5.92 Å². The van der Waals surface area contributed by atoms with E-state index in [1.54, 1.807) is 12.5 Å². The summed E-state index contributed by atoms with van der Waals surface area (Å²) >= 11 is 2.24. The normalized spacial score (nSPS) is 13.5. The lowest BCUT2D eigenvalue weighted by Gasteiger charge is -2.22. The molecule has 7 nitrogen and oxygen atoms in total. The summed E-state index contributed by atoms with van der Waals surface area (Å²) in [5.74, 6) is -1.98. The maximum Gasteiger partial charge on any atom is 0.321 e. The second-order valence-corrected chi connectivity index (χ2v) is 8.17. The minimum Gasteiger partial charge on any atom is -0.480 e. The van der Waals surface area contributed by atoms with Gasteiger partial charge in [-0.05, 0) is 52.6 Å². The molecule has 1 aromatic carbocycles. The molecule has 0 spiro atoms. The van der Waals surface area contributed by atoms with Crippen molar-refractivity contribution in [3.63, 3.8) is 0 Å². The fourth-order valence-corrected chi connectivity index (χ4v) is 3.48. The van der Waals surface area contributed by atoms with Crippen LogP contribution < -0.4 is 5.32 Å². The van der Waals surface area contributed by atoms with Crippen molar-refractivity contribution in [1.82, 2.24) is 14.9 Å². The molecule has 2 unspecified atom stereocenters. The average Bonchev–Trinajstić information content (AvgIpc) is 2.99. The molecule has 0 fully saturated rings. The van der Waals surface area contributed by atoms with Crippen LogP contribution in [0.25, 0.3) is 0 Å². The molecule has 0 bridgehead atoms. The van der Waals surface area contributed by atoms with Crippen LogP contribution in [0.5, 0.6) is 0 Å². The first-order valence-electron chi connectivity index (χ1n) is 8.71. The number of rotatable bonds is 10. The van der Waals surface area contributed by atoms with E-state index in [9.17, 15) is 19.8 Å². The SMILES string of the molecule is CC(C)CC(NC(Cc1cncn1Cc1cccc(I)c1)C(=O)O)C(=O)O. The van der Waals surface area contributed by atoms with Gasteiger partial charge in [-0.15, -0.1) is 0 Å². The molecule has 1 heterocycles. The number of halogens is 1. The number of carboxylic acids is 2. The molecule has 0 aliphatic carbocycles. The van der Waals surface area contributed by atoms with Gasteiger partial charge in [0.25, 0.3) is 0 Å². The first-order valence-corrected chi connectivity index (χ1v) is 9.79. The van der Waals surface area contributed by atoms with Gasteiger partial charge in [0.1, 0.15) is 12.1 Å². The Morgan fingerprint density at radius 3 is 2.52 bits per heavy atom. The van der Waals surface area contributed by atoms with E-state index in [1.165, 1.54) is 0 Å². The lowest BCUT2D eigenvalue weighted by atomic mass is 10.0. The van der Waals surface area contributed by atoms with E-state index in [0.717, 1.165) is 14.8 Å². The van der Waals surface area contributed by atoms with E-state index in [4.69, 9.17) is 0 Å². The van der Waals surface area contributed by atoms with Gasteiger partial charge in [-0.1, -0.05) is 26.0 Å². The molecule has 0 saturated heterocycles. The maximum atomic E-state index is 11.7. The number of hydrogen-bond acceptors (Lipinski definition) is 4. The molecule has 146 valence electrons. The minimum atomic E-state index is -1.08. The Morgan fingerprint density at radius 1 is 1.22 bits per heavy atom. The Morgan fingerprint density at radius 2 is 1.93 bits per heavy atom. The third-order valence-electron chi connectivity index (χ3n) is 4.16. The number of aromatic nitrogens is 2. The standard InChI is InChI=1S/C19H24IN3O4/c1-12(2)6-16(18(24)25)22-17(19(26)27)8-15-9-21-11-23(15)10-13-4-3-5-14(20)7-13/h3-5,7,9,11-12,16-17,22H,6,8,10H2,1-2H3,(H,24,25)(H,26,27). The highest BCUT2D eigenvalue weighted by atomic mass is 127. The molecule has 0 aliphatic heterocycles. The molecular weight excluding hydrogens is 461 g/mol. The third kappa shape index (κ3) is 6.62. The van der Waals surface area contributed by atoms with E-state index < -0.39 is 24.0 Å². The van der Waals surface area contributed by atoms with Crippen LogP contribution in [0.4, 0.5) is 0 Å². The van der Waals surface area contributed by atoms with Crippen molar-refractivity contribution >= 4 is 34.5 Å². The number of aliphatic carboxylic acids is 2. The molecule has 0 aliphatic rings. The predicted octanol–water partition coefficient (Wildman–Crippen LogP) is 2.62. The minimum absolute atomic E-state index is 0.138. The zero-order valence-electron chi connectivity index (χ0n) is 15.3. The Kier molecular flexibility index (Phi) is 7.78. The number of carbonyl (C=O) groups is 2. The highest BCUT2D eigenvalue weighted by Crippen LogP contribution is 2.13. The van der Waals surface area contributed by atoms with Crippen molar-refractivity contribution in [1.29, 1.82) is 0 Å². The van der Waals surface area contributed by atoms with Gasteiger partial charge in [-0.3, -0.25) is 14.9 Å². The van der Waals surface area contributed by atoms with Crippen molar-refractivity contribution < 1.29 is 19.8 Å². The van der Waals surface area contributed by atoms with Gasteiger partial charge in [-0.25, -0.2) is 4.98 Å². The van der Waals surface area contributed by atoms with Crippen LogP contribution in [0.1, 0.15) is 31.5 Å². The van der Waals surface area contributed by atoms with Gasteiger partial charge in [0, 0.05) is 28.4 Å². The fraction of sp³-hybridized carbons (Fsp3) is 0.421. The molecule has 2 atom stereocenters. The van der Waals surface area contributed by atoms with Crippen molar-refractivity contribution in [2.45, 2.75) is 45.3 Å². The van der Waals surface area contributed by atoms with Crippen LogP contribution in [0.3, 0.4) is 0 Å². The van der Waals surface area contributed by atoms with E-state index in [2.05, 4.69) is 39.0 Å². The molecular formula is C19H24IN3O4. The highest BCUT2D eigenvalue weighted by molar-refractivity contribution is 14.1. The summed E-state index contributed by atoms with van der Waals surface area (Å²) in [6.07, 6.45) is 3.81. The topological polar surface area (TPSA) is 104 Å². The first-order chi connectivity index (χ1) is 12.8. The Labute approximate surface area is 171 Å². The van der Waals surface area contributed by atoms with Crippen LogP contribution in [0, 0.1) is 9.49 Å². The monoisotopic (exact) mass is 485 g/mol. The summed E-state index contributed by atoms with van der Waals surface area (Å²) < 4.78 is 3.01. The second-order valence-electron chi connectivity index (χ2n) is 6.92. The van der Waals surface area contributed by atoms with Gasteiger partial charge in [0.05, 0.1) is 6.33 Å². The summed E-state index contributed by atoms with van der Waals surface area (Å²) in [4.78, 5) is 27.3. The van der Waals surface area contributed by atoms with E-state index >= 15 is 0 Å². The van der Waals surface area contributed by atoms with Crippen LogP contribution >= 0.6 is 22.6 Å². The molecule has 0 saturated carbocycles. The number of hydrogen-bond donors (Lipinski definition) is 3. The highest BCUT2D eigenvalue weighted by Gasteiger charge is 2.27. The number of nitrogens with zero attached hydrogens (tertiary/aromatic N) is 2. The predicted molar refractivity (Wildman–Crippen MR) is 110 cm³/mol. The van der Waals surface area contributed by atoms with E-state index in [0.29, 0.717) is 13.0 Å². The van der Waals surface area contributed by atoms with Gasteiger partial charge < -0.3 is 14.8 Å². The van der Waals surface area contributed by atoms with E-state index in [1.807, 2.05) is 36.6 Å². The van der Waals surface area contributed by atoms with Gasteiger partial charge in [0.2, 0.25) is 0 Å². The first kappa shape index (κ1) is 21.4. The molecule has 8 heteroatoms. The Balaban J connectivity index is 2.14. The molecule has 3 N–H and O–H groups in total. The van der Waals surface area contributed by atoms with Gasteiger partial charge >= 0.3 is 11.9 Å². The fourth-order valence-electron chi connectivity index (χ4n) is 2.87. The number of benzene rings is 1. The average molecular weight is 485 g/mol. The van der Waals surface area contributed by atoms with Gasteiger partial charge in [-0.2, -0.15) is 0 Å². The molecule has 1 aromatic heterocycles. The van der Waals surface area contributed by atoms with Crippen LogP contribution in [0.15, 0.2) is 36.8 Å². The van der Waals surface area contributed by atoms with Gasteiger partial charge in [0.15, 0.2) is 0 Å². The number of carboxylic acid groups (broad SMARTS) is 2. The van der Waals surface area contributed by atoms with E-state index in [-0.39, 0.29) is 12.3 Å². The Hall–Kier alpha value is -1.94. The van der Waals surface area contributed by atoms with Crippen LogP contribution in [-0.2, 0) is 22.6 Å². The smallest absolute Gasteiger partial charge is 0.321 e. The van der Waals surface area contributed by atoms with Crippen molar-refractivity contribution in [3.8, 4) is 0 Å². The number of imidazole rings is 1. The summed E-state index contributed by atoms with van der Waals surface area (Å²) in [5, 5.41) is 21.7. The molecule has 0 radical (unpaired) electrons. The number of nitrogens with one attached hydrogen (secondary N) is 1. The third-order valence-corrected chi connectivity index (χ3v) is 4.83. The van der Waals surface area contributed by atoms with Crippen molar-refractivity contribution in [2.75, 3.05) is 0 Å². The zero-order chi connectivity index (χ0) is 20.0. The summed E-state index contributed by atoms with van der Waals surface area (Å²) in [5.41, 5.74) is 1.83. The molecule has 0 amide bonds. The Bertz CT molecular complexity index is 791. The summed E-state index contributed by atoms with van der Waals surface area (Å²) in [6.45, 7) is 4.39. The molecule has 2 rings (SSSR count). The van der Waals surface area contributed by atoms with Crippen LogP contribution in [-0.4, -0.2) is 43.8 Å². The molecule has 2 aromatic rings. The van der Waals surface area contributed by atoms with Crippen molar-refractivity contribution in [3.05, 3.63) is 51.6 Å².